The zero-order chi connectivity index (χ0) is 15.3. The molecule has 4 nitrogen and oxygen atoms in total. The zero-order valence-electron chi connectivity index (χ0n) is 12.8. The standard InChI is InChI=1S/C17H21O4/c1-18-15-8-5-13(6-9-15)11-14-7-10-16(19-2)12-17(14,20-3)21-4/h5-12,14H,1-4H3. The lowest BCUT2D eigenvalue weighted by Crippen LogP contribution is -2.41. The van der Waals surface area contributed by atoms with Crippen molar-refractivity contribution in [1.82, 2.24) is 0 Å². The van der Waals surface area contributed by atoms with Crippen LogP contribution in [0.5, 0.6) is 5.75 Å². The Morgan fingerprint density at radius 3 is 2.14 bits per heavy atom. The quantitative estimate of drug-likeness (QED) is 0.755. The topological polar surface area (TPSA) is 36.9 Å². The van der Waals surface area contributed by atoms with Crippen LogP contribution in [0.1, 0.15) is 5.56 Å². The highest BCUT2D eigenvalue weighted by Gasteiger charge is 2.38. The second-order valence-corrected chi connectivity index (χ2v) is 4.71. The highest BCUT2D eigenvalue weighted by molar-refractivity contribution is 5.36. The molecule has 4 heteroatoms. The van der Waals surface area contributed by atoms with Gasteiger partial charge < -0.3 is 18.9 Å². The summed E-state index contributed by atoms with van der Waals surface area (Å²) in [6.45, 7) is 0. The summed E-state index contributed by atoms with van der Waals surface area (Å²) in [5.74, 6) is 0.635. The van der Waals surface area contributed by atoms with Gasteiger partial charge in [0.2, 0.25) is 0 Å². The van der Waals surface area contributed by atoms with E-state index in [0.717, 1.165) is 17.1 Å². The van der Waals surface area contributed by atoms with Gasteiger partial charge in [0.05, 0.1) is 14.2 Å². The number of methoxy groups -OCH3 is 4. The van der Waals surface area contributed by atoms with Crippen molar-refractivity contribution in [2.45, 2.75) is 5.79 Å². The Kier molecular flexibility index (Phi) is 5.04. The number of rotatable bonds is 6. The summed E-state index contributed by atoms with van der Waals surface area (Å²) >= 11 is 0. The molecule has 1 radical (unpaired) electrons. The van der Waals surface area contributed by atoms with Gasteiger partial charge in [0.1, 0.15) is 11.5 Å². The van der Waals surface area contributed by atoms with Crippen molar-refractivity contribution in [3.05, 3.63) is 60.2 Å². The third-order valence-electron chi connectivity index (χ3n) is 3.64. The van der Waals surface area contributed by atoms with Crippen LogP contribution >= 0.6 is 0 Å². The number of hydrogen-bond acceptors (Lipinski definition) is 4. The molecule has 0 aromatic heterocycles. The molecule has 113 valence electrons. The van der Waals surface area contributed by atoms with E-state index < -0.39 is 5.79 Å². The van der Waals surface area contributed by atoms with E-state index in [1.54, 1.807) is 28.4 Å². The average Bonchev–Trinajstić information content (AvgIpc) is 2.56. The molecule has 1 aliphatic carbocycles. The molecule has 21 heavy (non-hydrogen) atoms. The van der Waals surface area contributed by atoms with Gasteiger partial charge in [-0.2, -0.15) is 0 Å². The average molecular weight is 289 g/mol. The fraction of sp³-hybridized carbons (Fsp3) is 0.353. The Bertz CT molecular complexity index is 512. The molecule has 0 saturated heterocycles. The van der Waals surface area contributed by atoms with E-state index in [0.29, 0.717) is 0 Å². The van der Waals surface area contributed by atoms with E-state index in [2.05, 4.69) is 6.42 Å². The predicted molar refractivity (Wildman–Crippen MR) is 80.9 cm³/mol. The first-order valence-corrected chi connectivity index (χ1v) is 6.71. The molecular formula is C17H21O4. The molecule has 0 bridgehead atoms. The molecule has 2 rings (SSSR count). The first kappa shape index (κ1) is 15.6. The van der Waals surface area contributed by atoms with Gasteiger partial charge in [0, 0.05) is 32.6 Å². The van der Waals surface area contributed by atoms with Crippen LogP contribution in [0, 0.1) is 12.3 Å². The van der Waals surface area contributed by atoms with Gasteiger partial charge in [-0.15, -0.1) is 0 Å². The molecule has 1 aliphatic rings. The van der Waals surface area contributed by atoms with Crippen molar-refractivity contribution < 1.29 is 18.9 Å². The maximum Gasteiger partial charge on any atom is 0.198 e. The van der Waals surface area contributed by atoms with E-state index in [9.17, 15) is 0 Å². The van der Waals surface area contributed by atoms with E-state index >= 15 is 0 Å². The predicted octanol–water partition coefficient (Wildman–Crippen LogP) is 2.95. The van der Waals surface area contributed by atoms with E-state index in [1.807, 2.05) is 42.5 Å². The molecule has 1 aromatic carbocycles. The van der Waals surface area contributed by atoms with Crippen molar-refractivity contribution in [3.63, 3.8) is 0 Å². The summed E-state index contributed by atoms with van der Waals surface area (Å²) in [6, 6.07) is 7.85. The first-order valence-electron chi connectivity index (χ1n) is 6.71. The lowest BCUT2D eigenvalue weighted by molar-refractivity contribution is -0.190. The fourth-order valence-electron chi connectivity index (χ4n) is 2.37. The highest BCUT2D eigenvalue weighted by Crippen LogP contribution is 2.35. The second-order valence-electron chi connectivity index (χ2n) is 4.71. The fourth-order valence-corrected chi connectivity index (χ4v) is 2.37. The molecule has 0 spiro atoms. The minimum Gasteiger partial charge on any atom is -0.497 e. The van der Waals surface area contributed by atoms with Crippen LogP contribution in [0.3, 0.4) is 0 Å². The second kappa shape index (κ2) is 6.78. The van der Waals surface area contributed by atoms with E-state index in [-0.39, 0.29) is 5.92 Å². The molecule has 1 atom stereocenters. The van der Waals surface area contributed by atoms with Crippen molar-refractivity contribution >= 4 is 0 Å². The van der Waals surface area contributed by atoms with Gasteiger partial charge >= 0.3 is 0 Å². The maximum atomic E-state index is 5.60. The molecular weight excluding hydrogens is 268 g/mol. The third kappa shape index (κ3) is 3.28. The van der Waals surface area contributed by atoms with Gasteiger partial charge in [-0.3, -0.25) is 0 Å². The largest absolute Gasteiger partial charge is 0.497 e. The van der Waals surface area contributed by atoms with Gasteiger partial charge in [-0.05, 0) is 23.8 Å². The highest BCUT2D eigenvalue weighted by atomic mass is 16.7. The van der Waals surface area contributed by atoms with E-state index in [4.69, 9.17) is 18.9 Å². The Labute approximate surface area is 126 Å². The Balaban J connectivity index is 2.21. The van der Waals surface area contributed by atoms with Crippen molar-refractivity contribution in [2.24, 2.45) is 5.92 Å². The minimum absolute atomic E-state index is 0.0557. The Morgan fingerprint density at radius 1 is 0.952 bits per heavy atom. The normalized spacial score (nSPS) is 20.0. The smallest absolute Gasteiger partial charge is 0.198 e. The SMILES string of the molecule is COC1=CC(OC)(OC)C([CH]c2ccc(OC)cc2)C=C1. The number of benzene rings is 1. The zero-order valence-corrected chi connectivity index (χ0v) is 12.8. The van der Waals surface area contributed by atoms with Crippen LogP contribution in [0.4, 0.5) is 0 Å². The van der Waals surface area contributed by atoms with Gasteiger partial charge in [-0.1, -0.05) is 18.2 Å². The lowest BCUT2D eigenvalue weighted by atomic mass is 9.87. The molecule has 1 aromatic rings. The molecule has 0 fully saturated rings. The van der Waals surface area contributed by atoms with Crippen LogP contribution in [0.25, 0.3) is 0 Å². The Hall–Kier alpha value is -1.78. The monoisotopic (exact) mass is 289 g/mol. The van der Waals surface area contributed by atoms with Crippen LogP contribution in [0.2, 0.25) is 0 Å². The summed E-state index contributed by atoms with van der Waals surface area (Å²) in [4.78, 5) is 0. The van der Waals surface area contributed by atoms with Crippen LogP contribution < -0.4 is 4.74 Å². The Morgan fingerprint density at radius 2 is 1.62 bits per heavy atom. The summed E-state index contributed by atoms with van der Waals surface area (Å²) in [5.41, 5.74) is 1.07. The number of hydrogen-bond donors (Lipinski definition) is 0. The van der Waals surface area contributed by atoms with Gasteiger partial charge in [-0.25, -0.2) is 0 Å². The van der Waals surface area contributed by atoms with E-state index in [1.165, 1.54) is 0 Å². The third-order valence-corrected chi connectivity index (χ3v) is 3.64. The molecule has 0 aliphatic heterocycles. The minimum atomic E-state index is -0.861. The molecule has 0 saturated carbocycles. The van der Waals surface area contributed by atoms with Crippen LogP contribution in [-0.2, 0) is 14.2 Å². The molecule has 0 amide bonds. The number of ether oxygens (including phenoxy) is 4. The van der Waals surface area contributed by atoms with Gasteiger partial charge in [0.15, 0.2) is 5.79 Å². The molecule has 1 unspecified atom stereocenters. The summed E-state index contributed by atoms with van der Waals surface area (Å²) < 4.78 is 21.6. The van der Waals surface area contributed by atoms with Crippen LogP contribution in [-0.4, -0.2) is 34.2 Å². The molecule has 0 heterocycles. The van der Waals surface area contributed by atoms with Crippen molar-refractivity contribution in [3.8, 4) is 5.75 Å². The molecule has 0 N–H and O–H groups in total. The summed E-state index contributed by atoms with van der Waals surface area (Å²) in [7, 11) is 6.53. The van der Waals surface area contributed by atoms with Crippen molar-refractivity contribution in [2.75, 3.05) is 28.4 Å². The summed E-state index contributed by atoms with van der Waals surface area (Å²) in [6.07, 6.45) is 7.86. The summed E-state index contributed by atoms with van der Waals surface area (Å²) in [5, 5.41) is 0. The van der Waals surface area contributed by atoms with Gasteiger partial charge in [0.25, 0.3) is 0 Å². The number of allylic oxidation sites excluding steroid dienone is 1. The maximum absolute atomic E-state index is 5.60. The lowest BCUT2D eigenvalue weighted by Gasteiger charge is -2.36. The van der Waals surface area contributed by atoms with Crippen molar-refractivity contribution in [1.29, 1.82) is 0 Å². The first-order chi connectivity index (χ1) is 10.2. The van der Waals surface area contributed by atoms with Crippen LogP contribution in [0.15, 0.2) is 48.3 Å².